The van der Waals surface area contributed by atoms with E-state index in [4.69, 9.17) is 16.9 Å². The monoisotopic (exact) mass is 399 g/mol. The molecule has 0 spiro atoms. The lowest BCUT2D eigenvalue weighted by molar-refractivity contribution is -0.117. The fraction of sp³-hybridized carbons (Fsp3) is 0.200. The van der Waals surface area contributed by atoms with Crippen LogP contribution >= 0.6 is 11.6 Å². The molecule has 7 nitrogen and oxygen atoms in total. The summed E-state index contributed by atoms with van der Waals surface area (Å²) in [4.78, 5) is 37.3. The highest BCUT2D eigenvalue weighted by Crippen LogP contribution is 2.28. The normalized spacial score (nSPS) is 9.93. The van der Waals surface area contributed by atoms with Gasteiger partial charge in [-0.3, -0.25) is 9.59 Å². The summed E-state index contributed by atoms with van der Waals surface area (Å²) >= 11 is 6.18. The molecule has 0 aliphatic rings. The molecule has 2 aromatic rings. The highest BCUT2D eigenvalue weighted by Gasteiger charge is 2.19. The van der Waals surface area contributed by atoms with E-state index in [-0.39, 0.29) is 35.4 Å². The number of nitrogens with one attached hydrogen (secondary N) is 1. The number of ether oxygens (including phenoxy) is 1. The Morgan fingerprint density at radius 1 is 1.18 bits per heavy atom. The molecule has 8 heteroatoms. The average molecular weight is 400 g/mol. The van der Waals surface area contributed by atoms with Gasteiger partial charge in [-0.25, -0.2) is 4.79 Å². The van der Waals surface area contributed by atoms with E-state index in [1.54, 1.807) is 24.3 Å². The van der Waals surface area contributed by atoms with E-state index in [0.29, 0.717) is 16.9 Å². The second kappa shape index (κ2) is 9.53. The number of hydrogen-bond donors (Lipinski definition) is 1. The molecule has 0 unspecified atom stereocenters. The largest absolute Gasteiger partial charge is 0.465 e. The molecular formula is C20H18ClN3O4. The molecule has 28 heavy (non-hydrogen) atoms. The molecule has 0 aliphatic carbocycles. The van der Waals surface area contributed by atoms with Gasteiger partial charge >= 0.3 is 5.97 Å². The van der Waals surface area contributed by atoms with Crippen molar-refractivity contribution >= 4 is 40.8 Å². The minimum absolute atomic E-state index is 0.0123. The molecule has 1 N–H and O–H groups in total. The van der Waals surface area contributed by atoms with Crippen LogP contribution in [-0.2, 0) is 14.3 Å². The molecule has 0 saturated carbocycles. The predicted molar refractivity (Wildman–Crippen MR) is 105 cm³/mol. The summed E-state index contributed by atoms with van der Waals surface area (Å²) in [5, 5.41) is 11.8. The molecule has 0 bridgehead atoms. The molecule has 0 heterocycles. The maximum absolute atomic E-state index is 12.2. The minimum atomic E-state index is -0.556. The van der Waals surface area contributed by atoms with E-state index in [0.717, 1.165) is 0 Å². The molecule has 0 aromatic heterocycles. The average Bonchev–Trinajstić information content (AvgIpc) is 2.69. The van der Waals surface area contributed by atoms with Crippen LogP contribution < -0.4 is 10.2 Å². The van der Waals surface area contributed by atoms with Crippen molar-refractivity contribution in [3.8, 4) is 6.07 Å². The third kappa shape index (κ3) is 5.32. The number of nitrogens with zero attached hydrogens (tertiary/aromatic N) is 2. The minimum Gasteiger partial charge on any atom is -0.465 e. The number of carbonyl (C=O) groups excluding carboxylic acids is 3. The van der Waals surface area contributed by atoms with Crippen LogP contribution in [-0.4, -0.2) is 31.4 Å². The van der Waals surface area contributed by atoms with E-state index in [2.05, 4.69) is 10.1 Å². The Balaban J connectivity index is 2.10. The van der Waals surface area contributed by atoms with E-state index >= 15 is 0 Å². The first kappa shape index (κ1) is 20.9. The third-order valence-electron chi connectivity index (χ3n) is 3.90. The first-order valence-electron chi connectivity index (χ1n) is 8.31. The number of anilines is 2. The topological polar surface area (TPSA) is 99.5 Å². The first-order chi connectivity index (χ1) is 13.3. The lowest BCUT2D eigenvalue weighted by atomic mass is 10.1. The van der Waals surface area contributed by atoms with Crippen LogP contribution in [0.25, 0.3) is 0 Å². The molecule has 0 fully saturated rings. The molecular weight excluding hydrogens is 382 g/mol. The quantitative estimate of drug-likeness (QED) is 0.750. The zero-order valence-corrected chi connectivity index (χ0v) is 16.1. The third-order valence-corrected chi connectivity index (χ3v) is 4.22. The van der Waals surface area contributed by atoms with Crippen molar-refractivity contribution in [2.75, 3.05) is 23.9 Å². The van der Waals surface area contributed by atoms with Gasteiger partial charge in [0.1, 0.15) is 0 Å². The van der Waals surface area contributed by atoms with Gasteiger partial charge in [0.2, 0.25) is 11.8 Å². The Hall–Kier alpha value is -3.37. The van der Waals surface area contributed by atoms with Gasteiger partial charge in [0.25, 0.3) is 0 Å². The second-order valence-corrected chi connectivity index (χ2v) is 6.22. The second-order valence-electron chi connectivity index (χ2n) is 5.82. The number of hydrogen-bond acceptors (Lipinski definition) is 5. The van der Waals surface area contributed by atoms with Crippen LogP contribution in [0.3, 0.4) is 0 Å². The Bertz CT molecular complexity index is 935. The summed E-state index contributed by atoms with van der Waals surface area (Å²) in [5.74, 6) is -1.19. The van der Waals surface area contributed by atoms with Gasteiger partial charge in [-0.1, -0.05) is 11.6 Å². The smallest absolute Gasteiger partial charge is 0.337 e. The Morgan fingerprint density at radius 3 is 2.43 bits per heavy atom. The highest BCUT2D eigenvalue weighted by atomic mass is 35.5. The fourth-order valence-corrected chi connectivity index (χ4v) is 2.70. The Kier molecular flexibility index (Phi) is 7.13. The number of amides is 2. The number of rotatable bonds is 6. The number of benzene rings is 2. The lowest BCUT2D eigenvalue weighted by Gasteiger charge is -2.22. The lowest BCUT2D eigenvalue weighted by Crippen LogP contribution is -2.32. The summed E-state index contributed by atoms with van der Waals surface area (Å²) in [6.07, 6.45) is 0.0123. The Labute approximate surface area is 167 Å². The summed E-state index contributed by atoms with van der Waals surface area (Å²) < 4.78 is 4.68. The van der Waals surface area contributed by atoms with Gasteiger partial charge < -0.3 is 15.0 Å². The molecule has 0 saturated heterocycles. The summed E-state index contributed by atoms with van der Waals surface area (Å²) in [6, 6.07) is 12.9. The number of halogens is 1. The van der Waals surface area contributed by atoms with Crippen molar-refractivity contribution in [1.82, 2.24) is 0 Å². The van der Waals surface area contributed by atoms with Crippen LogP contribution in [0.2, 0.25) is 5.02 Å². The molecule has 2 rings (SSSR count). The zero-order valence-electron chi connectivity index (χ0n) is 15.4. The van der Waals surface area contributed by atoms with Crippen molar-refractivity contribution in [1.29, 1.82) is 5.26 Å². The molecule has 0 aliphatic heterocycles. The Morgan fingerprint density at radius 2 is 1.86 bits per heavy atom. The molecule has 0 radical (unpaired) electrons. The molecule has 2 amide bonds. The maximum Gasteiger partial charge on any atom is 0.337 e. The van der Waals surface area contributed by atoms with Crippen molar-refractivity contribution in [2.24, 2.45) is 0 Å². The molecule has 2 aromatic carbocycles. The van der Waals surface area contributed by atoms with Gasteiger partial charge in [-0.2, -0.15) is 5.26 Å². The molecule has 144 valence electrons. The van der Waals surface area contributed by atoms with Gasteiger partial charge in [0, 0.05) is 25.6 Å². The SMILES string of the molecule is COC(=O)c1ccc(Cl)c(N(CCC(=O)Nc2ccc(C#N)cc2)C(C)=O)c1. The van der Waals surface area contributed by atoms with Gasteiger partial charge in [-0.05, 0) is 42.5 Å². The predicted octanol–water partition coefficient (Wildman–Crippen LogP) is 3.38. The van der Waals surface area contributed by atoms with Gasteiger partial charge in [0.15, 0.2) is 0 Å². The first-order valence-corrected chi connectivity index (χ1v) is 8.69. The van der Waals surface area contributed by atoms with Crippen LogP contribution in [0.4, 0.5) is 11.4 Å². The fourth-order valence-electron chi connectivity index (χ4n) is 2.48. The van der Waals surface area contributed by atoms with E-state index in [1.807, 2.05) is 6.07 Å². The highest BCUT2D eigenvalue weighted by molar-refractivity contribution is 6.34. The summed E-state index contributed by atoms with van der Waals surface area (Å²) in [7, 11) is 1.26. The summed E-state index contributed by atoms with van der Waals surface area (Å²) in [5.41, 5.74) is 1.60. The van der Waals surface area contributed by atoms with Crippen molar-refractivity contribution in [3.05, 3.63) is 58.6 Å². The van der Waals surface area contributed by atoms with Crippen molar-refractivity contribution in [2.45, 2.75) is 13.3 Å². The van der Waals surface area contributed by atoms with Crippen LogP contribution in [0, 0.1) is 11.3 Å². The molecule has 0 atom stereocenters. The van der Waals surface area contributed by atoms with Crippen LogP contribution in [0.1, 0.15) is 29.3 Å². The van der Waals surface area contributed by atoms with Crippen LogP contribution in [0.5, 0.6) is 0 Å². The number of carbonyl (C=O) groups is 3. The maximum atomic E-state index is 12.2. The van der Waals surface area contributed by atoms with Crippen molar-refractivity contribution < 1.29 is 19.1 Å². The number of nitriles is 1. The summed E-state index contributed by atoms with van der Waals surface area (Å²) in [6.45, 7) is 1.42. The standard InChI is InChI=1S/C20H18ClN3O4/c1-13(25)24(18-11-15(20(27)28-2)5-8-17(18)21)10-9-19(26)23-16-6-3-14(12-22)4-7-16/h3-8,11H,9-10H2,1-2H3,(H,23,26). The number of esters is 1. The zero-order chi connectivity index (χ0) is 20.7. The van der Waals surface area contributed by atoms with E-state index in [1.165, 1.54) is 37.1 Å². The van der Waals surface area contributed by atoms with Crippen LogP contribution in [0.15, 0.2) is 42.5 Å². The van der Waals surface area contributed by atoms with Gasteiger partial charge in [-0.15, -0.1) is 0 Å². The van der Waals surface area contributed by atoms with Crippen molar-refractivity contribution in [3.63, 3.8) is 0 Å². The number of methoxy groups -OCH3 is 1. The van der Waals surface area contributed by atoms with E-state index < -0.39 is 5.97 Å². The van der Waals surface area contributed by atoms with E-state index in [9.17, 15) is 14.4 Å². The van der Waals surface area contributed by atoms with Gasteiger partial charge in [0.05, 0.1) is 35.0 Å².